The Balaban J connectivity index is 1.59. The summed E-state index contributed by atoms with van der Waals surface area (Å²) < 4.78 is 0. The Morgan fingerprint density at radius 2 is 1.61 bits per heavy atom. The van der Waals surface area contributed by atoms with Crippen molar-refractivity contribution in [1.29, 1.82) is 0 Å². The summed E-state index contributed by atoms with van der Waals surface area (Å²) in [5, 5.41) is 1.46. The van der Waals surface area contributed by atoms with Gasteiger partial charge >= 0.3 is 0 Å². The molecule has 0 spiro atoms. The number of piperidine rings is 1. The molecule has 2 aliphatic heterocycles. The molecule has 23 heavy (non-hydrogen) atoms. The summed E-state index contributed by atoms with van der Waals surface area (Å²) in [4.78, 5) is 2.64. The molecule has 120 valence electrons. The van der Waals surface area contributed by atoms with E-state index in [0.717, 1.165) is 28.9 Å². The van der Waals surface area contributed by atoms with E-state index >= 15 is 0 Å². The highest BCUT2D eigenvalue weighted by molar-refractivity contribution is 6.34. The largest absolute Gasteiger partial charge is 0.296 e. The van der Waals surface area contributed by atoms with Crippen LogP contribution < -0.4 is 0 Å². The van der Waals surface area contributed by atoms with Crippen molar-refractivity contribution in [3.63, 3.8) is 0 Å². The van der Waals surface area contributed by atoms with E-state index in [1.165, 1.54) is 36.9 Å². The summed E-state index contributed by atoms with van der Waals surface area (Å²) in [6, 6.07) is 15.5. The van der Waals surface area contributed by atoms with Crippen LogP contribution in [-0.2, 0) is 19.4 Å². The van der Waals surface area contributed by atoms with E-state index in [4.69, 9.17) is 23.2 Å². The summed E-state index contributed by atoms with van der Waals surface area (Å²) in [5.41, 5.74) is 4.32. The topological polar surface area (TPSA) is 3.24 Å². The van der Waals surface area contributed by atoms with Gasteiger partial charge in [0.25, 0.3) is 0 Å². The summed E-state index contributed by atoms with van der Waals surface area (Å²) >= 11 is 12.3. The molecule has 2 bridgehead atoms. The average Bonchev–Trinajstić information content (AvgIpc) is 2.47. The van der Waals surface area contributed by atoms with Gasteiger partial charge in [0.2, 0.25) is 0 Å². The van der Waals surface area contributed by atoms with E-state index in [1.54, 1.807) is 5.56 Å². The minimum Gasteiger partial charge on any atom is -0.296 e. The predicted octanol–water partition coefficient (Wildman–Crippen LogP) is 5.37. The first-order valence-corrected chi connectivity index (χ1v) is 9.19. The van der Waals surface area contributed by atoms with Crippen LogP contribution in [0.25, 0.3) is 0 Å². The van der Waals surface area contributed by atoms with Crippen molar-refractivity contribution >= 4 is 23.2 Å². The third kappa shape index (κ3) is 3.42. The van der Waals surface area contributed by atoms with Crippen molar-refractivity contribution in [1.82, 2.24) is 4.90 Å². The Kier molecular flexibility index (Phi) is 4.36. The molecule has 0 N–H and O–H groups in total. The fourth-order valence-electron chi connectivity index (χ4n) is 4.23. The molecule has 2 aromatic carbocycles. The first kappa shape index (κ1) is 15.5. The van der Waals surface area contributed by atoms with Crippen LogP contribution in [-0.4, -0.2) is 17.5 Å². The zero-order valence-electron chi connectivity index (χ0n) is 13.1. The maximum Gasteiger partial charge on any atom is 0.0424 e. The van der Waals surface area contributed by atoms with E-state index in [2.05, 4.69) is 29.2 Å². The highest BCUT2D eigenvalue weighted by atomic mass is 35.5. The summed E-state index contributed by atoms with van der Waals surface area (Å²) in [7, 11) is 0. The third-order valence-electron chi connectivity index (χ3n) is 5.31. The summed E-state index contributed by atoms with van der Waals surface area (Å²) in [6.07, 6.45) is 5.03. The van der Waals surface area contributed by atoms with Gasteiger partial charge in [-0.15, -0.1) is 0 Å². The lowest BCUT2D eigenvalue weighted by molar-refractivity contribution is 0.0938. The number of halogens is 2. The van der Waals surface area contributed by atoms with Crippen molar-refractivity contribution in [2.24, 2.45) is 5.92 Å². The van der Waals surface area contributed by atoms with Crippen LogP contribution in [0.15, 0.2) is 42.5 Å². The van der Waals surface area contributed by atoms with Gasteiger partial charge in [0.05, 0.1) is 0 Å². The zero-order valence-corrected chi connectivity index (χ0v) is 14.7. The van der Waals surface area contributed by atoms with Crippen LogP contribution in [0.4, 0.5) is 0 Å². The van der Waals surface area contributed by atoms with Crippen LogP contribution in [0.1, 0.15) is 29.5 Å². The van der Waals surface area contributed by atoms with Crippen LogP contribution in [0.3, 0.4) is 0 Å². The van der Waals surface area contributed by atoms with Crippen molar-refractivity contribution in [3.8, 4) is 0 Å². The van der Waals surface area contributed by atoms with Crippen LogP contribution in [0, 0.1) is 5.92 Å². The molecule has 2 atom stereocenters. The molecular weight excluding hydrogens is 325 g/mol. The van der Waals surface area contributed by atoms with Gasteiger partial charge in [-0.1, -0.05) is 47.5 Å². The van der Waals surface area contributed by atoms with E-state index in [-0.39, 0.29) is 0 Å². The minimum absolute atomic E-state index is 0.630. The predicted molar refractivity (Wildman–Crippen MR) is 97.2 cm³/mol. The van der Waals surface area contributed by atoms with E-state index in [1.807, 2.05) is 18.2 Å². The molecular formula is C20H21Cl2N. The van der Waals surface area contributed by atoms with Gasteiger partial charge in [-0.3, -0.25) is 4.90 Å². The van der Waals surface area contributed by atoms with Crippen LogP contribution >= 0.6 is 23.2 Å². The first-order chi connectivity index (χ1) is 11.2. The second kappa shape index (κ2) is 6.47. The monoisotopic (exact) mass is 345 g/mol. The molecule has 0 unspecified atom stereocenters. The van der Waals surface area contributed by atoms with E-state index in [0.29, 0.717) is 6.04 Å². The molecule has 1 saturated heterocycles. The van der Waals surface area contributed by atoms with Gasteiger partial charge in [-0.2, -0.15) is 0 Å². The second-order valence-electron chi connectivity index (χ2n) is 6.98. The third-order valence-corrected chi connectivity index (χ3v) is 5.74. The van der Waals surface area contributed by atoms with Crippen LogP contribution in [0.2, 0.25) is 10.0 Å². The fourth-order valence-corrected chi connectivity index (χ4v) is 4.80. The Hall–Kier alpha value is -1.02. The number of rotatable bonds is 2. The summed E-state index contributed by atoms with van der Waals surface area (Å²) in [6.45, 7) is 2.13. The molecule has 0 amide bonds. The minimum atomic E-state index is 0.630. The van der Waals surface area contributed by atoms with Crippen molar-refractivity contribution in [2.75, 3.05) is 6.54 Å². The maximum absolute atomic E-state index is 6.17. The van der Waals surface area contributed by atoms with Crippen LogP contribution in [0.5, 0.6) is 0 Å². The molecule has 1 fully saturated rings. The Bertz CT molecular complexity index is 692. The molecule has 3 aliphatic rings. The lowest BCUT2D eigenvalue weighted by atomic mass is 9.80. The quantitative estimate of drug-likeness (QED) is 0.706. The number of nitrogens with zero attached hydrogens (tertiary/aromatic N) is 1. The molecule has 3 heteroatoms. The van der Waals surface area contributed by atoms with E-state index < -0.39 is 0 Å². The molecule has 2 aromatic rings. The van der Waals surface area contributed by atoms with Crippen molar-refractivity contribution < 1.29 is 0 Å². The lowest BCUT2D eigenvalue weighted by Gasteiger charge is -2.42. The van der Waals surface area contributed by atoms with Crippen molar-refractivity contribution in [2.45, 2.75) is 38.3 Å². The SMILES string of the molecule is Clc1cc(Cl)cc(CN2C[C@@H]3CC[C@@H]2Cc2ccccc2C3)c1. The molecule has 5 rings (SSSR count). The molecule has 0 aromatic heterocycles. The molecule has 0 saturated carbocycles. The Labute approximate surface area is 148 Å². The van der Waals surface area contributed by atoms with Gasteiger partial charge in [0.15, 0.2) is 0 Å². The highest BCUT2D eigenvalue weighted by Crippen LogP contribution is 2.33. The first-order valence-electron chi connectivity index (χ1n) is 8.43. The van der Waals surface area contributed by atoms with Crippen molar-refractivity contribution in [3.05, 3.63) is 69.2 Å². The smallest absolute Gasteiger partial charge is 0.0424 e. The number of hydrogen-bond acceptors (Lipinski definition) is 1. The fraction of sp³-hybridized carbons (Fsp3) is 0.400. The highest BCUT2D eigenvalue weighted by Gasteiger charge is 2.31. The van der Waals surface area contributed by atoms with Gasteiger partial charge in [-0.05, 0) is 66.5 Å². The maximum atomic E-state index is 6.17. The molecule has 0 radical (unpaired) electrons. The number of hydrogen-bond donors (Lipinski definition) is 0. The normalized spacial score (nSPS) is 24.1. The Morgan fingerprint density at radius 3 is 2.35 bits per heavy atom. The zero-order chi connectivity index (χ0) is 15.8. The van der Waals surface area contributed by atoms with Gasteiger partial charge in [0, 0.05) is 29.2 Å². The number of benzene rings is 2. The average molecular weight is 346 g/mol. The molecule has 1 aliphatic carbocycles. The molecule has 1 nitrogen and oxygen atoms in total. The molecule has 2 heterocycles. The number of fused-ring (bicyclic) bond motifs is 2. The summed E-state index contributed by atoms with van der Waals surface area (Å²) in [5.74, 6) is 0.766. The van der Waals surface area contributed by atoms with Gasteiger partial charge < -0.3 is 0 Å². The Morgan fingerprint density at radius 1 is 0.913 bits per heavy atom. The standard InChI is InChI=1S/C20H21Cl2N/c21-18-8-15(9-19(22)11-18)13-23-12-14-5-6-20(23)10-17-4-2-1-3-16(17)7-14/h1-4,8-9,11,14,20H,5-7,10,12-13H2/t14-,20-/m1/s1. The van der Waals surface area contributed by atoms with E-state index in [9.17, 15) is 0 Å². The van der Waals surface area contributed by atoms with Gasteiger partial charge in [0.1, 0.15) is 0 Å². The lowest BCUT2D eigenvalue weighted by Crippen LogP contribution is -2.46. The second-order valence-corrected chi connectivity index (χ2v) is 7.85. The van der Waals surface area contributed by atoms with Gasteiger partial charge in [-0.25, -0.2) is 0 Å².